The van der Waals surface area contributed by atoms with Gasteiger partial charge in [0.1, 0.15) is 11.1 Å². The average molecular weight is 729 g/mol. The summed E-state index contributed by atoms with van der Waals surface area (Å²) < 4.78 is 21.0. The molecule has 0 spiro atoms. The Labute approximate surface area is 284 Å². The van der Waals surface area contributed by atoms with Gasteiger partial charge in [0.05, 0.1) is 43.3 Å². The number of carbonyl (C=O) groups excluding carboxylic acids is 4. The highest BCUT2D eigenvalue weighted by molar-refractivity contribution is 6.47. The van der Waals surface area contributed by atoms with Crippen molar-refractivity contribution in [1.29, 1.82) is 0 Å². The molecule has 238 valence electrons. The van der Waals surface area contributed by atoms with Crippen LogP contribution in [0.2, 0.25) is 30.1 Å². The Kier molecular flexibility index (Phi) is 11.3. The third kappa shape index (κ3) is 7.54. The van der Waals surface area contributed by atoms with Gasteiger partial charge in [0.25, 0.3) is 0 Å². The zero-order valence-electron chi connectivity index (χ0n) is 24.0. The summed E-state index contributed by atoms with van der Waals surface area (Å²) in [4.78, 5) is 51.7. The minimum Gasteiger partial charge on any atom is -0.462 e. The van der Waals surface area contributed by atoms with Gasteiger partial charge in [0.2, 0.25) is 0 Å². The molecular formula is C30H28Cl6O8. The highest BCUT2D eigenvalue weighted by Gasteiger charge is 2.43. The van der Waals surface area contributed by atoms with Crippen molar-refractivity contribution in [3.8, 4) is 11.5 Å². The van der Waals surface area contributed by atoms with Crippen molar-refractivity contribution in [2.45, 2.75) is 40.5 Å². The molecule has 0 aliphatic heterocycles. The second kappa shape index (κ2) is 14.2. The number of hydrogen-bond donors (Lipinski definition) is 0. The van der Waals surface area contributed by atoms with Gasteiger partial charge in [-0.25, -0.2) is 19.2 Å². The highest BCUT2D eigenvalue weighted by atomic mass is 35.5. The first-order valence-corrected chi connectivity index (χ1v) is 16.1. The van der Waals surface area contributed by atoms with Crippen LogP contribution in [-0.2, 0) is 19.1 Å². The third-order valence-electron chi connectivity index (χ3n) is 8.66. The summed E-state index contributed by atoms with van der Waals surface area (Å²) in [6.07, 6.45) is 1.24. The van der Waals surface area contributed by atoms with Gasteiger partial charge >= 0.3 is 23.9 Å². The molecule has 0 radical (unpaired) electrons. The molecule has 2 aromatic rings. The van der Waals surface area contributed by atoms with Crippen LogP contribution in [0.25, 0.3) is 0 Å². The number of hydrogen-bond acceptors (Lipinski definition) is 8. The van der Waals surface area contributed by atoms with Crippen LogP contribution in [0.4, 0.5) is 0 Å². The van der Waals surface area contributed by atoms with Gasteiger partial charge in [0.15, 0.2) is 11.5 Å². The molecule has 0 N–H and O–H groups in total. The minimum absolute atomic E-state index is 0.0709. The molecule has 2 aromatic carbocycles. The topological polar surface area (TPSA) is 105 Å². The van der Waals surface area contributed by atoms with Crippen LogP contribution in [-0.4, -0.2) is 37.1 Å². The summed E-state index contributed by atoms with van der Waals surface area (Å²) in [5.74, 6) is -3.49. The Bertz CT molecular complexity index is 1380. The van der Waals surface area contributed by atoms with Crippen LogP contribution < -0.4 is 9.47 Å². The quantitative estimate of drug-likeness (QED) is 0.103. The first kappa shape index (κ1) is 34.9. The van der Waals surface area contributed by atoms with Crippen molar-refractivity contribution >= 4 is 93.5 Å². The minimum atomic E-state index is -1.64. The van der Waals surface area contributed by atoms with Crippen LogP contribution >= 0.6 is 69.6 Å². The molecule has 2 fully saturated rings. The van der Waals surface area contributed by atoms with E-state index in [1.165, 1.54) is 0 Å². The first-order chi connectivity index (χ1) is 20.6. The number of esters is 4. The molecule has 4 rings (SSSR count). The zero-order valence-corrected chi connectivity index (χ0v) is 28.5. The molecule has 0 heterocycles. The fraction of sp³-hybridized carbons (Fsp3) is 0.467. The summed E-state index contributed by atoms with van der Waals surface area (Å²) >= 11 is 37.1. The van der Waals surface area contributed by atoms with Crippen LogP contribution in [0.15, 0.2) is 12.1 Å². The van der Waals surface area contributed by atoms with Crippen molar-refractivity contribution < 1.29 is 38.1 Å². The van der Waals surface area contributed by atoms with Crippen molar-refractivity contribution in [3.63, 3.8) is 0 Å². The predicted octanol–water partition coefficient (Wildman–Crippen LogP) is 9.02. The van der Waals surface area contributed by atoms with Crippen molar-refractivity contribution in [2.75, 3.05) is 13.2 Å². The van der Waals surface area contributed by atoms with Gasteiger partial charge in [-0.1, -0.05) is 97.3 Å². The Morgan fingerprint density at radius 1 is 0.568 bits per heavy atom. The first-order valence-electron chi connectivity index (χ1n) is 13.8. The van der Waals surface area contributed by atoms with Gasteiger partial charge in [-0.15, -0.1) is 0 Å². The lowest BCUT2D eigenvalue weighted by Crippen LogP contribution is -2.27. The Morgan fingerprint density at radius 3 is 1.18 bits per heavy atom. The van der Waals surface area contributed by atoms with E-state index in [1.54, 1.807) is 0 Å². The number of carbonyl (C=O) groups is 4. The van der Waals surface area contributed by atoms with Crippen molar-refractivity contribution in [2.24, 2.45) is 35.5 Å². The second-order valence-corrected chi connectivity index (χ2v) is 13.5. The molecule has 14 heteroatoms. The SMILES string of the molecule is CC1C(C)C1CCOC(=O)c1c(Cl)c(Cl)cc(Cl)c1OC(=O)C(=O)Oc1c(Cl)cc(Cl)c(Cl)c1C(=O)OCCC1C(C)C1C. The lowest BCUT2D eigenvalue weighted by Gasteiger charge is -2.15. The summed E-state index contributed by atoms with van der Waals surface area (Å²) in [7, 11) is 0. The van der Waals surface area contributed by atoms with Crippen molar-refractivity contribution in [3.05, 3.63) is 53.4 Å². The van der Waals surface area contributed by atoms with Gasteiger partial charge in [-0.2, -0.15) is 0 Å². The largest absolute Gasteiger partial charge is 0.462 e. The molecule has 4 unspecified atom stereocenters. The third-order valence-corrected chi connectivity index (χ3v) is 10.8. The average Bonchev–Trinajstić information content (AvgIpc) is 3.76. The molecule has 2 saturated carbocycles. The summed E-state index contributed by atoms with van der Waals surface area (Å²) in [5.41, 5.74) is -0.920. The lowest BCUT2D eigenvalue weighted by atomic mass is 10.2. The Balaban J connectivity index is 1.50. The summed E-state index contributed by atoms with van der Waals surface area (Å²) in [5, 5.41) is -1.48. The molecule has 44 heavy (non-hydrogen) atoms. The summed E-state index contributed by atoms with van der Waals surface area (Å²) in [6, 6.07) is 2.24. The molecule has 0 amide bonds. The van der Waals surface area contributed by atoms with Gasteiger partial charge in [0, 0.05) is 0 Å². The number of ether oxygens (including phenoxy) is 4. The molecule has 0 bridgehead atoms. The monoisotopic (exact) mass is 726 g/mol. The van der Waals surface area contributed by atoms with E-state index in [0.29, 0.717) is 48.3 Å². The molecule has 0 aromatic heterocycles. The van der Waals surface area contributed by atoms with E-state index in [4.69, 9.17) is 88.6 Å². The Morgan fingerprint density at radius 2 is 0.886 bits per heavy atom. The lowest BCUT2D eigenvalue weighted by molar-refractivity contribution is -0.156. The van der Waals surface area contributed by atoms with Crippen LogP contribution in [0.5, 0.6) is 11.5 Å². The second-order valence-electron chi connectivity index (χ2n) is 11.1. The maximum absolute atomic E-state index is 13.0. The van der Waals surface area contributed by atoms with E-state index in [2.05, 4.69) is 27.7 Å². The number of benzene rings is 2. The summed E-state index contributed by atoms with van der Waals surface area (Å²) in [6.45, 7) is 8.56. The molecular weight excluding hydrogens is 701 g/mol. The molecule has 4 atom stereocenters. The van der Waals surface area contributed by atoms with E-state index in [-0.39, 0.29) is 43.3 Å². The normalized spacial score (nSPS) is 23.5. The molecule has 2 aliphatic rings. The van der Waals surface area contributed by atoms with Crippen LogP contribution in [0.3, 0.4) is 0 Å². The van der Waals surface area contributed by atoms with Gasteiger partial charge in [-0.05, 0) is 60.5 Å². The van der Waals surface area contributed by atoms with E-state index >= 15 is 0 Å². The van der Waals surface area contributed by atoms with Crippen molar-refractivity contribution in [1.82, 2.24) is 0 Å². The van der Waals surface area contributed by atoms with Crippen LogP contribution in [0, 0.1) is 35.5 Å². The van der Waals surface area contributed by atoms with Gasteiger partial charge < -0.3 is 18.9 Å². The standard InChI is InChI=1S/C30H28Cl6O8/c1-11-12(2)15(11)5-7-41-27(37)21-23(35)17(31)9-19(33)25(21)43-29(39)30(40)44-26-20(34)10-18(32)24(36)22(26)28(38)42-8-6-16-13(3)14(16)4/h9-16H,5-8H2,1-4H3. The molecule has 2 aliphatic carbocycles. The zero-order chi connectivity index (χ0) is 32.6. The molecule has 8 nitrogen and oxygen atoms in total. The van der Waals surface area contributed by atoms with Gasteiger partial charge in [-0.3, -0.25) is 0 Å². The molecule has 0 saturated heterocycles. The number of halogens is 6. The van der Waals surface area contributed by atoms with Crippen LogP contribution in [0.1, 0.15) is 61.3 Å². The highest BCUT2D eigenvalue weighted by Crippen LogP contribution is 2.48. The fourth-order valence-electron chi connectivity index (χ4n) is 5.29. The maximum atomic E-state index is 13.0. The smallest absolute Gasteiger partial charge is 0.423 e. The Hall–Kier alpha value is -1.94. The maximum Gasteiger partial charge on any atom is 0.423 e. The number of rotatable bonds is 10. The van der Waals surface area contributed by atoms with E-state index in [0.717, 1.165) is 12.1 Å². The predicted molar refractivity (Wildman–Crippen MR) is 168 cm³/mol. The van der Waals surface area contributed by atoms with E-state index < -0.39 is 46.5 Å². The van der Waals surface area contributed by atoms with E-state index in [1.807, 2.05) is 0 Å². The van der Waals surface area contributed by atoms with E-state index in [9.17, 15) is 19.2 Å². The fourth-order valence-corrected chi connectivity index (χ4v) is 6.73.